The Hall–Kier alpha value is 1.06. The maximum Gasteiger partial charge on any atom is 0.305 e. The van der Waals surface area contributed by atoms with Crippen molar-refractivity contribution in [1.82, 2.24) is 0 Å². The van der Waals surface area contributed by atoms with Crippen molar-refractivity contribution in [2.45, 2.75) is 0 Å². The van der Waals surface area contributed by atoms with Gasteiger partial charge in [0.15, 0.2) is 0 Å². The zero-order valence-electron chi connectivity index (χ0n) is 3.26. The molecule has 25 valence electrons. The third kappa shape index (κ3) is 42.2. The van der Waals surface area contributed by atoms with Crippen molar-refractivity contribution in [3.63, 3.8) is 0 Å². The second-order valence-electron chi connectivity index (χ2n) is 0.440. The van der Waals surface area contributed by atoms with Crippen LogP contribution in [0.25, 0.3) is 0 Å². The van der Waals surface area contributed by atoms with Gasteiger partial charge in [-0.1, -0.05) is 4.57 Å². The Labute approximate surface area is 53.7 Å². The van der Waals surface area contributed by atoms with E-state index in [9.17, 15) is 0 Å². The van der Waals surface area contributed by atoms with Crippen LogP contribution >= 0.6 is 8.03 Å². The molecule has 2 nitrogen and oxygen atoms in total. The Morgan fingerprint density at radius 1 is 1.80 bits per heavy atom. The monoisotopic (exact) mass is 101 g/mol. The molecule has 1 atom stereocenters. The predicted molar refractivity (Wildman–Crippen MR) is 19.3 cm³/mol. The molecule has 0 saturated carbocycles. The summed E-state index contributed by atoms with van der Waals surface area (Å²) in [6.07, 6.45) is 0. The van der Waals surface area contributed by atoms with Gasteiger partial charge in [-0.05, 0) is 0 Å². The topological polar surface area (TPSA) is 40.1 Å². The molecule has 0 fully saturated rings. The van der Waals surface area contributed by atoms with Gasteiger partial charge < -0.3 is 4.89 Å². The molecule has 0 aliphatic carbocycles. The molecule has 4 heteroatoms. The Morgan fingerprint density at radius 3 is 1.80 bits per heavy atom. The summed E-state index contributed by atoms with van der Waals surface area (Å²) in [5.41, 5.74) is 0. The summed E-state index contributed by atoms with van der Waals surface area (Å²) in [5, 5.41) is 0. The normalized spacial score (nSPS) is 8.80. The van der Waals surface area contributed by atoms with Crippen molar-refractivity contribution in [2.24, 2.45) is 0 Å². The molecule has 0 aromatic heterocycles. The van der Waals surface area contributed by atoms with Crippen LogP contribution < -0.4 is 4.89 Å². The molecular weight excluding hydrogens is 98.0 g/mol. The van der Waals surface area contributed by atoms with Crippen LogP contribution in [0.15, 0.2) is 0 Å². The van der Waals surface area contributed by atoms with Gasteiger partial charge in [0.25, 0.3) is 0 Å². The molecule has 0 spiro atoms. The van der Waals surface area contributed by atoms with E-state index >= 15 is 0 Å². The standard InChI is InChI=1S/CH3O2P.Na/c1-4(2)3;/h1H3;. The first-order valence-corrected chi connectivity index (χ1v) is 2.44. The fourth-order valence-electron chi connectivity index (χ4n) is 0. The Balaban J connectivity index is 0. The van der Waals surface area contributed by atoms with Crippen LogP contribution in [0.2, 0.25) is 0 Å². The van der Waals surface area contributed by atoms with Crippen molar-refractivity contribution in [3.05, 3.63) is 0 Å². The van der Waals surface area contributed by atoms with Gasteiger partial charge in [0.2, 0.25) is 0 Å². The number of rotatable bonds is 0. The molecular formula is CH3NaO2P. The summed E-state index contributed by atoms with van der Waals surface area (Å²) in [5.74, 6) is 0. The number of hydrogen-bond acceptors (Lipinski definition) is 2. The first kappa shape index (κ1) is 9.41. The van der Waals surface area contributed by atoms with Crippen LogP contribution in [-0.4, -0.2) is 36.2 Å². The van der Waals surface area contributed by atoms with Crippen molar-refractivity contribution in [1.29, 1.82) is 0 Å². The summed E-state index contributed by atoms with van der Waals surface area (Å²) in [6.45, 7) is 1.12. The fraction of sp³-hybridized carbons (Fsp3) is 1.00. The Morgan fingerprint density at radius 2 is 1.80 bits per heavy atom. The van der Waals surface area contributed by atoms with E-state index in [1.54, 1.807) is 0 Å². The smallest absolute Gasteiger partial charge is 0.305 e. The second kappa shape index (κ2) is 5.06. The average molecular weight is 101 g/mol. The zero-order valence-corrected chi connectivity index (χ0v) is 6.16. The summed E-state index contributed by atoms with van der Waals surface area (Å²) in [7, 11) is -2.12. The molecule has 1 unspecified atom stereocenters. The van der Waals surface area contributed by atoms with Crippen LogP contribution in [0.1, 0.15) is 0 Å². The van der Waals surface area contributed by atoms with E-state index < -0.39 is 8.03 Å². The van der Waals surface area contributed by atoms with Crippen molar-refractivity contribution < 1.29 is 9.46 Å². The average Bonchev–Trinajstić information content (AvgIpc) is 0.811. The molecule has 0 rings (SSSR count). The fourth-order valence-corrected chi connectivity index (χ4v) is 0. The molecule has 5 heavy (non-hydrogen) atoms. The summed E-state index contributed by atoms with van der Waals surface area (Å²) in [4.78, 5) is 9.04. The van der Waals surface area contributed by atoms with Gasteiger partial charge in [0.1, 0.15) is 6.66 Å². The minimum atomic E-state index is -2.12. The van der Waals surface area contributed by atoms with E-state index in [2.05, 4.69) is 0 Å². The maximum atomic E-state index is 9.04. The van der Waals surface area contributed by atoms with Gasteiger partial charge in [-0.3, -0.25) is 0 Å². The molecule has 0 saturated heterocycles. The molecule has 0 N–H and O–H groups in total. The van der Waals surface area contributed by atoms with Crippen molar-refractivity contribution in [3.8, 4) is 0 Å². The van der Waals surface area contributed by atoms with E-state index in [0.29, 0.717) is 0 Å². The van der Waals surface area contributed by atoms with Gasteiger partial charge in [-0.15, -0.1) is 0 Å². The first-order valence-electron chi connectivity index (χ1n) is 0.812. The maximum absolute atomic E-state index is 9.04. The summed E-state index contributed by atoms with van der Waals surface area (Å²) < 4.78 is 9.04. The Kier molecular flexibility index (Phi) is 9.53. The minimum Gasteiger partial charge on any atom is -0.596 e. The molecule has 0 amide bonds. The van der Waals surface area contributed by atoms with Crippen LogP contribution in [0.3, 0.4) is 0 Å². The van der Waals surface area contributed by atoms with Crippen LogP contribution in [0, 0.1) is 0 Å². The molecule has 0 aromatic rings. The Bertz CT molecular complexity index is 32.6. The molecule has 1 radical (unpaired) electrons. The van der Waals surface area contributed by atoms with Gasteiger partial charge in [0.05, 0.1) is 0 Å². The molecule has 0 aliphatic heterocycles. The molecule has 0 aliphatic rings. The van der Waals surface area contributed by atoms with Crippen LogP contribution in [0.4, 0.5) is 0 Å². The molecule has 0 bridgehead atoms. The first-order chi connectivity index (χ1) is 1.73. The predicted octanol–water partition coefficient (Wildman–Crippen LogP) is -0.662. The second-order valence-corrected chi connectivity index (χ2v) is 1.32. The van der Waals surface area contributed by atoms with Gasteiger partial charge in [-0.25, -0.2) is 0 Å². The van der Waals surface area contributed by atoms with E-state index in [0.717, 1.165) is 6.66 Å². The number of hydrogen-bond donors (Lipinski definition) is 0. The van der Waals surface area contributed by atoms with E-state index in [1.165, 1.54) is 0 Å². The van der Waals surface area contributed by atoms with E-state index in [4.69, 9.17) is 9.46 Å². The van der Waals surface area contributed by atoms with Crippen molar-refractivity contribution in [2.75, 3.05) is 6.66 Å². The molecule has 0 aromatic carbocycles. The van der Waals surface area contributed by atoms with Gasteiger partial charge >= 0.3 is 8.03 Å². The van der Waals surface area contributed by atoms with Crippen molar-refractivity contribution >= 4 is 37.6 Å². The third-order valence-electron chi connectivity index (χ3n) is 0. The summed E-state index contributed by atoms with van der Waals surface area (Å²) >= 11 is 0. The van der Waals surface area contributed by atoms with Gasteiger partial charge in [0, 0.05) is 29.6 Å². The largest absolute Gasteiger partial charge is 0.596 e. The van der Waals surface area contributed by atoms with Crippen LogP contribution in [0.5, 0.6) is 0 Å². The SMILES string of the molecule is C[P+](=O)[O-].[Na]. The van der Waals surface area contributed by atoms with Gasteiger partial charge in [-0.2, -0.15) is 0 Å². The molecule has 0 heterocycles. The quantitative estimate of drug-likeness (QED) is 0.300. The zero-order chi connectivity index (χ0) is 3.58. The summed E-state index contributed by atoms with van der Waals surface area (Å²) in [6, 6.07) is 0. The van der Waals surface area contributed by atoms with E-state index in [-0.39, 0.29) is 29.6 Å². The third-order valence-corrected chi connectivity index (χ3v) is 0. The minimum absolute atomic E-state index is 0. The van der Waals surface area contributed by atoms with Crippen LogP contribution in [-0.2, 0) is 4.57 Å². The van der Waals surface area contributed by atoms with E-state index in [1.807, 2.05) is 0 Å².